The van der Waals surface area contributed by atoms with Crippen LogP contribution in [0.4, 0.5) is 5.69 Å². The molecule has 6 nitrogen and oxygen atoms in total. The van der Waals surface area contributed by atoms with E-state index in [1.54, 1.807) is 7.11 Å². The molecule has 2 heterocycles. The van der Waals surface area contributed by atoms with Gasteiger partial charge in [-0.3, -0.25) is 4.79 Å². The van der Waals surface area contributed by atoms with Crippen LogP contribution in [0.1, 0.15) is 54.6 Å². The maximum Gasteiger partial charge on any atom is 0.227 e. The summed E-state index contributed by atoms with van der Waals surface area (Å²) in [6.07, 6.45) is 6.35. The molecule has 5 rings (SSSR count). The van der Waals surface area contributed by atoms with Crippen molar-refractivity contribution in [2.24, 2.45) is 0 Å². The number of anilines is 1. The maximum absolute atomic E-state index is 13.1. The fourth-order valence-electron chi connectivity index (χ4n) is 5.52. The summed E-state index contributed by atoms with van der Waals surface area (Å²) in [6.45, 7) is 8.23. The molecule has 0 bridgehead atoms. The summed E-state index contributed by atoms with van der Waals surface area (Å²) in [5.74, 6) is 2.72. The van der Waals surface area contributed by atoms with Gasteiger partial charge in [0.1, 0.15) is 5.82 Å². The minimum absolute atomic E-state index is 0.0572. The maximum atomic E-state index is 13.1. The second kappa shape index (κ2) is 11.8. The lowest BCUT2D eigenvalue weighted by molar-refractivity contribution is -0.117. The van der Waals surface area contributed by atoms with Gasteiger partial charge in [-0.2, -0.15) is 0 Å². The van der Waals surface area contributed by atoms with Gasteiger partial charge in [-0.25, -0.2) is 4.98 Å². The number of hydrogen-bond acceptors (Lipinski definition) is 4. The zero-order valence-corrected chi connectivity index (χ0v) is 23.3. The summed E-state index contributed by atoms with van der Waals surface area (Å²) >= 11 is 0. The number of aryl methyl sites for hydroxylation is 3. The van der Waals surface area contributed by atoms with E-state index in [4.69, 9.17) is 14.5 Å². The first-order valence-electron chi connectivity index (χ1n) is 13.7. The zero-order chi connectivity index (χ0) is 27.4. The number of para-hydroxylation sites is 2. The Morgan fingerprint density at radius 2 is 1.87 bits per heavy atom. The van der Waals surface area contributed by atoms with Crippen molar-refractivity contribution in [3.05, 3.63) is 89.3 Å². The zero-order valence-electron chi connectivity index (χ0n) is 23.3. The number of ether oxygens (including phenoxy) is 2. The van der Waals surface area contributed by atoms with Gasteiger partial charge in [0.2, 0.25) is 5.91 Å². The molecule has 1 aliphatic rings. The van der Waals surface area contributed by atoms with Crippen LogP contribution < -0.4 is 14.4 Å². The molecule has 0 saturated carbocycles. The fourth-order valence-corrected chi connectivity index (χ4v) is 5.52. The lowest BCUT2D eigenvalue weighted by atomic mass is 10.1. The molecule has 39 heavy (non-hydrogen) atoms. The minimum Gasteiger partial charge on any atom is -0.493 e. The van der Waals surface area contributed by atoms with Crippen molar-refractivity contribution < 1.29 is 14.3 Å². The number of amides is 1. The van der Waals surface area contributed by atoms with E-state index in [-0.39, 0.29) is 11.8 Å². The third kappa shape index (κ3) is 5.70. The van der Waals surface area contributed by atoms with Gasteiger partial charge >= 0.3 is 0 Å². The summed E-state index contributed by atoms with van der Waals surface area (Å²) in [5.41, 5.74) is 6.52. The molecule has 1 atom stereocenters. The van der Waals surface area contributed by atoms with Crippen LogP contribution in [0.15, 0.2) is 66.7 Å². The monoisotopic (exact) mass is 523 g/mol. The average molecular weight is 524 g/mol. The summed E-state index contributed by atoms with van der Waals surface area (Å²) in [4.78, 5) is 20.1. The predicted molar refractivity (Wildman–Crippen MR) is 158 cm³/mol. The molecular formula is C33H37N3O3. The van der Waals surface area contributed by atoms with E-state index in [9.17, 15) is 4.79 Å². The Labute approximate surface area is 230 Å². The van der Waals surface area contributed by atoms with Crippen LogP contribution in [0.2, 0.25) is 0 Å². The molecule has 1 unspecified atom stereocenters. The van der Waals surface area contributed by atoms with Gasteiger partial charge in [0.25, 0.3) is 0 Å². The van der Waals surface area contributed by atoms with Gasteiger partial charge in [0, 0.05) is 31.1 Å². The van der Waals surface area contributed by atoms with E-state index in [0.29, 0.717) is 19.6 Å². The van der Waals surface area contributed by atoms with Crippen molar-refractivity contribution in [2.75, 3.05) is 25.2 Å². The van der Waals surface area contributed by atoms with Crippen molar-refractivity contribution in [3.63, 3.8) is 0 Å². The highest BCUT2D eigenvalue weighted by atomic mass is 16.5. The van der Waals surface area contributed by atoms with Crippen molar-refractivity contribution in [1.82, 2.24) is 9.55 Å². The molecule has 6 heteroatoms. The quantitative estimate of drug-likeness (QED) is 0.209. The first-order valence-corrected chi connectivity index (χ1v) is 13.7. The number of rotatable bonds is 10. The van der Waals surface area contributed by atoms with Gasteiger partial charge in [-0.1, -0.05) is 48.0 Å². The van der Waals surface area contributed by atoms with Crippen LogP contribution in [0.5, 0.6) is 11.5 Å². The highest BCUT2D eigenvalue weighted by Crippen LogP contribution is 2.35. The van der Waals surface area contributed by atoms with Crippen LogP contribution in [0, 0.1) is 13.8 Å². The lowest BCUT2D eigenvalue weighted by Gasteiger charge is -2.20. The van der Waals surface area contributed by atoms with Gasteiger partial charge in [0.05, 0.1) is 24.8 Å². The Bertz CT molecular complexity index is 1500. The topological polar surface area (TPSA) is 56.6 Å². The number of hydrogen-bond donors (Lipinski definition) is 0. The molecule has 1 amide bonds. The highest BCUT2D eigenvalue weighted by molar-refractivity contribution is 5.97. The number of aromatic nitrogens is 2. The number of nitrogens with zero attached hydrogens (tertiary/aromatic N) is 3. The molecule has 3 aromatic carbocycles. The Morgan fingerprint density at radius 3 is 2.67 bits per heavy atom. The predicted octanol–water partition coefficient (Wildman–Crippen LogP) is 7.07. The third-order valence-corrected chi connectivity index (χ3v) is 7.40. The van der Waals surface area contributed by atoms with E-state index in [0.717, 1.165) is 64.6 Å². The average Bonchev–Trinajstić information content (AvgIpc) is 3.49. The summed E-state index contributed by atoms with van der Waals surface area (Å²) in [7, 11) is 1.67. The number of methoxy groups -OCH3 is 1. The molecule has 0 N–H and O–H groups in total. The van der Waals surface area contributed by atoms with E-state index in [1.807, 2.05) is 48.2 Å². The lowest BCUT2D eigenvalue weighted by Crippen LogP contribution is -2.25. The molecule has 202 valence electrons. The van der Waals surface area contributed by atoms with Gasteiger partial charge in [0.15, 0.2) is 11.5 Å². The number of allylic oxidation sites excluding steroid dienone is 1. The van der Waals surface area contributed by atoms with Crippen LogP contribution >= 0.6 is 0 Å². The number of unbranched alkanes of at least 4 members (excludes halogenated alkanes) is 1. The van der Waals surface area contributed by atoms with E-state index in [1.165, 1.54) is 5.56 Å². The molecule has 0 aliphatic carbocycles. The Kier molecular flexibility index (Phi) is 8.01. The van der Waals surface area contributed by atoms with Gasteiger partial charge in [-0.05, 0) is 75.1 Å². The SMILES string of the molecule is C/C=C/c1ccc(OCCCCn2c(C3CC(=O)N(c4ccc(C)cc4C)C3)nc3ccccc32)c(OC)c1. The molecule has 1 saturated heterocycles. The third-order valence-electron chi connectivity index (χ3n) is 7.40. The first-order chi connectivity index (χ1) is 19.0. The Balaban J connectivity index is 1.27. The van der Waals surface area contributed by atoms with Crippen molar-refractivity contribution in [1.29, 1.82) is 0 Å². The number of benzene rings is 3. The van der Waals surface area contributed by atoms with Crippen LogP contribution in [-0.4, -0.2) is 35.7 Å². The van der Waals surface area contributed by atoms with E-state index >= 15 is 0 Å². The van der Waals surface area contributed by atoms with Crippen molar-refractivity contribution in [3.8, 4) is 11.5 Å². The molecular weight excluding hydrogens is 486 g/mol. The van der Waals surface area contributed by atoms with Gasteiger partial charge in [-0.15, -0.1) is 0 Å². The van der Waals surface area contributed by atoms with E-state index < -0.39 is 0 Å². The summed E-state index contributed by atoms with van der Waals surface area (Å²) in [5, 5.41) is 0. The molecule has 1 aliphatic heterocycles. The van der Waals surface area contributed by atoms with Crippen LogP contribution in [0.25, 0.3) is 17.1 Å². The smallest absolute Gasteiger partial charge is 0.227 e. The molecule has 4 aromatic rings. The Hall–Kier alpha value is -4.06. The number of imidazole rings is 1. The Morgan fingerprint density at radius 1 is 1.03 bits per heavy atom. The summed E-state index contributed by atoms with van der Waals surface area (Å²) in [6, 6.07) is 20.5. The highest BCUT2D eigenvalue weighted by Gasteiger charge is 2.35. The second-order valence-electron chi connectivity index (χ2n) is 10.3. The standard InChI is InChI=1S/C33H37N3O3/c1-5-10-25-14-16-30(31(20-25)38-4)39-18-9-8-17-35-29-12-7-6-11-27(29)34-33(35)26-21-32(37)36(22-26)28-15-13-23(2)19-24(28)3/h5-7,10-16,19-20,26H,8-9,17-18,21-22H2,1-4H3/b10-5+. The fraction of sp³-hybridized carbons (Fsp3) is 0.333. The van der Waals surface area contributed by atoms with Crippen LogP contribution in [-0.2, 0) is 11.3 Å². The number of fused-ring (bicyclic) bond motifs is 1. The molecule has 0 spiro atoms. The number of carbonyl (C=O) groups excluding carboxylic acids is 1. The molecule has 1 fully saturated rings. The minimum atomic E-state index is 0.0572. The van der Waals surface area contributed by atoms with Gasteiger partial charge < -0.3 is 18.9 Å². The molecule has 0 radical (unpaired) electrons. The first kappa shape index (κ1) is 26.5. The molecule has 1 aromatic heterocycles. The second-order valence-corrected chi connectivity index (χ2v) is 10.3. The number of carbonyl (C=O) groups is 1. The largest absolute Gasteiger partial charge is 0.493 e. The van der Waals surface area contributed by atoms with Crippen molar-refractivity contribution >= 4 is 28.7 Å². The van der Waals surface area contributed by atoms with Crippen LogP contribution in [0.3, 0.4) is 0 Å². The summed E-state index contributed by atoms with van der Waals surface area (Å²) < 4.78 is 13.9. The normalized spacial score (nSPS) is 15.5. The van der Waals surface area contributed by atoms with Crippen molar-refractivity contribution in [2.45, 2.75) is 52.5 Å². The van der Waals surface area contributed by atoms with E-state index in [2.05, 4.69) is 54.8 Å².